The maximum atomic E-state index is 12.5. The van der Waals surface area contributed by atoms with Crippen LogP contribution in [0.3, 0.4) is 0 Å². The number of allylic oxidation sites excluding steroid dienone is 2. The van der Waals surface area contributed by atoms with Crippen molar-refractivity contribution in [2.24, 2.45) is 10.3 Å². The van der Waals surface area contributed by atoms with Gasteiger partial charge in [-0.1, -0.05) is 42.2 Å². The Bertz CT molecular complexity index is 1100. The predicted molar refractivity (Wildman–Crippen MR) is 148 cm³/mol. The van der Waals surface area contributed by atoms with Gasteiger partial charge in [0.25, 0.3) is 11.8 Å². The molecule has 0 bridgehead atoms. The number of alkyl halides is 2. The van der Waals surface area contributed by atoms with E-state index in [4.69, 9.17) is 9.68 Å². The molecule has 0 aromatic heterocycles. The molecule has 2 aliphatic carbocycles. The Labute approximate surface area is 250 Å². The number of carbonyl (C=O) groups excluding carboxylic acids is 4. The highest BCUT2D eigenvalue weighted by atomic mass is 79.9. The van der Waals surface area contributed by atoms with E-state index in [-0.39, 0.29) is 44.8 Å². The largest absolute Gasteiger partial charge is 0.387 e. The van der Waals surface area contributed by atoms with Gasteiger partial charge in [-0.05, 0) is 56.9 Å². The molecule has 0 fully saturated rings. The molecule has 0 saturated heterocycles. The van der Waals surface area contributed by atoms with Crippen LogP contribution in [0, 0.1) is 0 Å². The first-order chi connectivity index (χ1) is 17.9. The van der Waals surface area contributed by atoms with E-state index in [1.807, 2.05) is 0 Å². The Kier molecular flexibility index (Phi) is 8.99. The summed E-state index contributed by atoms with van der Waals surface area (Å²) in [5.41, 5.74) is -2.44. The van der Waals surface area contributed by atoms with Gasteiger partial charge in [-0.15, -0.1) is 0 Å². The van der Waals surface area contributed by atoms with Crippen LogP contribution in [0.15, 0.2) is 31.4 Å². The van der Waals surface area contributed by atoms with Gasteiger partial charge < -0.3 is 30.5 Å². The summed E-state index contributed by atoms with van der Waals surface area (Å²) in [4.78, 5) is 58.0. The summed E-state index contributed by atoms with van der Waals surface area (Å²) < 4.78 is 0.464. The Hall–Kier alpha value is -1.46. The van der Waals surface area contributed by atoms with Crippen LogP contribution in [0.2, 0.25) is 0 Å². The molecule has 4 aliphatic rings. The highest BCUT2D eigenvalue weighted by molar-refractivity contribution is 9.12. The van der Waals surface area contributed by atoms with Crippen LogP contribution in [0.1, 0.15) is 25.7 Å². The van der Waals surface area contributed by atoms with Gasteiger partial charge in [-0.2, -0.15) is 0 Å². The van der Waals surface area contributed by atoms with Crippen LogP contribution in [-0.2, 0) is 28.9 Å². The number of amides is 2. The van der Waals surface area contributed by atoms with Crippen LogP contribution in [-0.4, -0.2) is 91.2 Å². The highest BCUT2D eigenvalue weighted by Gasteiger charge is 2.54. The van der Waals surface area contributed by atoms with Gasteiger partial charge in [0.1, 0.15) is 33.3 Å². The topological polar surface area (TPSA) is 176 Å². The fourth-order valence-electron chi connectivity index (χ4n) is 4.29. The van der Waals surface area contributed by atoms with E-state index in [1.54, 1.807) is 0 Å². The smallest absolute Gasteiger partial charge is 0.269 e. The maximum Gasteiger partial charge on any atom is 0.269 e. The quantitative estimate of drug-likeness (QED) is 0.218. The van der Waals surface area contributed by atoms with Gasteiger partial charge in [0.15, 0.2) is 22.8 Å². The summed E-state index contributed by atoms with van der Waals surface area (Å²) in [5.74, 6) is -1.57. The number of aliphatic hydroxyl groups is 2. The van der Waals surface area contributed by atoms with Crippen LogP contribution in [0.5, 0.6) is 0 Å². The zero-order chi connectivity index (χ0) is 27.8. The van der Waals surface area contributed by atoms with Crippen molar-refractivity contribution in [3.8, 4) is 0 Å². The first-order valence-electron chi connectivity index (χ1n) is 11.5. The molecule has 6 atom stereocenters. The molecule has 0 unspecified atom stereocenters. The number of oxime groups is 2. The Morgan fingerprint density at radius 1 is 0.842 bits per heavy atom. The molecule has 2 heterocycles. The van der Waals surface area contributed by atoms with Gasteiger partial charge in [0, 0.05) is 25.9 Å². The van der Waals surface area contributed by atoms with Crippen LogP contribution in [0.25, 0.3) is 0 Å². The van der Waals surface area contributed by atoms with Gasteiger partial charge in [0.05, 0.1) is 8.96 Å². The van der Waals surface area contributed by atoms with Crippen molar-refractivity contribution in [1.82, 2.24) is 10.6 Å². The van der Waals surface area contributed by atoms with Crippen molar-refractivity contribution < 1.29 is 39.1 Å². The van der Waals surface area contributed by atoms with Crippen LogP contribution < -0.4 is 10.6 Å². The average Bonchev–Trinajstić information content (AvgIpc) is 3.52. The Morgan fingerprint density at radius 2 is 1.21 bits per heavy atom. The summed E-state index contributed by atoms with van der Waals surface area (Å²) >= 11 is 12.6. The zero-order valence-electron chi connectivity index (χ0n) is 19.5. The molecule has 0 aromatic carbocycles. The number of hydrogen-bond donors (Lipinski definition) is 4. The first kappa shape index (κ1) is 29.5. The summed E-state index contributed by atoms with van der Waals surface area (Å²) in [7, 11) is 0. The molecular weight excluding hydrogens is 768 g/mol. The third-order valence-corrected chi connectivity index (χ3v) is 9.58. The minimum Gasteiger partial charge on any atom is -0.387 e. The number of unbranched alkanes of at least 4 members (excludes halogenated alkanes) is 1. The Balaban J connectivity index is 1.17. The number of carbonyl (C=O) groups is 4. The number of nitrogens with one attached hydrogen (secondary N) is 2. The standard InChI is InChI=1S/C22H22Br4N4O8/c23-9-5-21(17(33)13(25)15(9)31)7-11(29-37-21)19(35)27-3-1-2-4-28-20(36)12-8-22(38-30-12)6-10(24)16(32)14(26)18(22)34/h5-6,13-14,17-18,33-34H,1-4,7-8H2,(H,27,35)(H,28,36)/t13-,14-,17-,18-,21+,22+/m1/s1. The summed E-state index contributed by atoms with van der Waals surface area (Å²) in [5, 5.41) is 34.0. The summed E-state index contributed by atoms with van der Waals surface area (Å²) in [6, 6.07) is 0. The normalized spacial score (nSPS) is 34.3. The molecule has 0 aromatic rings. The lowest BCUT2D eigenvalue weighted by Gasteiger charge is -2.34. The van der Waals surface area contributed by atoms with Gasteiger partial charge >= 0.3 is 0 Å². The van der Waals surface area contributed by atoms with Crippen molar-refractivity contribution >= 4 is 98.5 Å². The van der Waals surface area contributed by atoms with E-state index in [2.05, 4.69) is 84.7 Å². The minimum atomic E-state index is -1.31. The van der Waals surface area contributed by atoms with Crippen LogP contribution in [0.4, 0.5) is 0 Å². The lowest BCUT2D eigenvalue weighted by Crippen LogP contribution is -2.52. The maximum absolute atomic E-state index is 12.5. The number of Topliss-reactive ketones (excluding diaryl/α,β-unsaturated/α-hetero) is 2. The third-order valence-electron chi connectivity index (χ3n) is 6.51. The lowest BCUT2D eigenvalue weighted by atomic mass is 9.83. The second-order valence-electron chi connectivity index (χ2n) is 9.15. The average molecular weight is 790 g/mol. The number of hydrogen-bond acceptors (Lipinski definition) is 10. The van der Waals surface area contributed by atoms with E-state index >= 15 is 0 Å². The zero-order valence-corrected chi connectivity index (χ0v) is 25.8. The summed E-state index contributed by atoms with van der Waals surface area (Å²) in [6.07, 6.45) is 1.49. The molecule has 2 amide bonds. The van der Waals surface area contributed by atoms with E-state index < -0.39 is 44.9 Å². The second-order valence-corrected chi connectivity index (χ2v) is 12.8. The van der Waals surface area contributed by atoms with Gasteiger partial charge in [-0.3, -0.25) is 19.2 Å². The molecule has 0 saturated carbocycles. The predicted octanol–water partition coefficient (Wildman–Crippen LogP) is 1.00. The SMILES string of the molecule is O=C(NCCCCNC(=O)C1=NO[C@@]2(C=C(Br)C(=O)[C@@H](Br)[C@H]2O)C1)C1=NO[C@@]2(C=C(Br)C(=O)[C@@H](Br)[C@H]2O)C1. The number of nitrogens with zero attached hydrogens (tertiary/aromatic N) is 2. The molecule has 4 rings (SSSR count). The van der Waals surface area contributed by atoms with Gasteiger partial charge in [-0.25, -0.2) is 0 Å². The summed E-state index contributed by atoms with van der Waals surface area (Å²) in [6.45, 7) is 0.614. The molecular formula is C22H22Br4N4O8. The van der Waals surface area contributed by atoms with E-state index in [0.29, 0.717) is 25.9 Å². The van der Waals surface area contributed by atoms with E-state index in [9.17, 15) is 29.4 Å². The van der Waals surface area contributed by atoms with E-state index in [0.717, 1.165) is 0 Å². The Morgan fingerprint density at radius 3 is 1.58 bits per heavy atom. The van der Waals surface area contributed by atoms with Crippen molar-refractivity contribution in [3.05, 3.63) is 21.1 Å². The number of halogens is 4. The first-order valence-corrected chi connectivity index (χ1v) is 14.9. The molecule has 0 radical (unpaired) electrons. The molecule has 2 aliphatic heterocycles. The van der Waals surface area contributed by atoms with Crippen molar-refractivity contribution in [3.63, 3.8) is 0 Å². The monoisotopic (exact) mass is 786 g/mol. The van der Waals surface area contributed by atoms with E-state index in [1.165, 1.54) is 12.2 Å². The molecule has 12 nitrogen and oxygen atoms in total. The molecule has 16 heteroatoms. The molecule has 4 N–H and O–H groups in total. The lowest BCUT2D eigenvalue weighted by molar-refractivity contribution is -0.125. The van der Waals surface area contributed by atoms with Gasteiger partial charge in [0.2, 0.25) is 0 Å². The molecule has 2 spiro atoms. The van der Waals surface area contributed by atoms with Crippen molar-refractivity contribution in [2.45, 2.75) is 58.7 Å². The number of rotatable bonds is 7. The van der Waals surface area contributed by atoms with Crippen molar-refractivity contribution in [1.29, 1.82) is 0 Å². The molecule has 206 valence electrons. The fourth-order valence-corrected chi connectivity index (χ4v) is 7.56. The second kappa shape index (κ2) is 11.6. The fraction of sp³-hybridized carbons (Fsp3) is 0.545. The minimum absolute atomic E-state index is 0.00332. The van der Waals surface area contributed by atoms with Crippen molar-refractivity contribution in [2.75, 3.05) is 13.1 Å². The third kappa shape index (κ3) is 5.57. The highest BCUT2D eigenvalue weighted by Crippen LogP contribution is 2.41. The number of aliphatic hydroxyl groups excluding tert-OH is 2. The number of ketones is 2. The molecule has 38 heavy (non-hydrogen) atoms. The van der Waals surface area contributed by atoms with Crippen LogP contribution >= 0.6 is 63.7 Å².